The first-order valence-corrected chi connectivity index (χ1v) is 6.14. The van der Waals surface area contributed by atoms with Crippen LogP contribution < -0.4 is 0 Å². The number of ether oxygens (including phenoxy) is 2. The molecule has 1 saturated carbocycles. The first-order valence-electron chi connectivity index (χ1n) is 6.14. The van der Waals surface area contributed by atoms with Crippen LogP contribution in [0.2, 0.25) is 0 Å². The van der Waals surface area contributed by atoms with Gasteiger partial charge in [0.25, 0.3) is 5.92 Å². The predicted molar refractivity (Wildman–Crippen MR) is 64.7 cm³/mol. The van der Waals surface area contributed by atoms with Gasteiger partial charge in [0.1, 0.15) is 6.61 Å². The summed E-state index contributed by atoms with van der Waals surface area (Å²) in [4.78, 5) is 10.6. The van der Waals surface area contributed by atoms with E-state index in [1.807, 2.05) is 30.3 Å². The van der Waals surface area contributed by atoms with Crippen molar-refractivity contribution in [3.8, 4) is 0 Å². The summed E-state index contributed by atoms with van der Waals surface area (Å²) in [6.45, 7) is 1.27. The fraction of sp³-hybridized carbons (Fsp3) is 0.500. The van der Waals surface area contributed by atoms with Gasteiger partial charge >= 0.3 is 5.97 Å². The minimum Gasteiger partial charge on any atom is -0.465 e. The summed E-state index contributed by atoms with van der Waals surface area (Å²) >= 11 is 0. The lowest BCUT2D eigenvalue weighted by Gasteiger charge is -2.03. The molecule has 5 heteroatoms. The Bertz CT molecular complexity index is 434. The molecule has 19 heavy (non-hydrogen) atoms. The minimum atomic E-state index is -2.79. The molecule has 2 rings (SSSR count). The van der Waals surface area contributed by atoms with Gasteiger partial charge in [-0.1, -0.05) is 30.3 Å². The summed E-state index contributed by atoms with van der Waals surface area (Å²) in [7, 11) is 0. The minimum absolute atomic E-state index is 0.0200. The monoisotopic (exact) mass is 270 g/mol. The standard InChI is InChI=1S/C14H16F2O3/c1-10(17)19-9-13-12(14(13,15)16)8-18-7-11-5-3-2-4-6-11/h2-6,12-13H,7-9H2,1H3/t12-,13+/m1/s1. The maximum absolute atomic E-state index is 13.4. The summed E-state index contributed by atoms with van der Waals surface area (Å²) in [5.74, 6) is -5.08. The van der Waals surface area contributed by atoms with Gasteiger partial charge in [0, 0.05) is 6.92 Å². The molecule has 0 spiro atoms. The van der Waals surface area contributed by atoms with Crippen LogP contribution in [0.15, 0.2) is 30.3 Å². The van der Waals surface area contributed by atoms with Crippen LogP contribution in [0.4, 0.5) is 8.78 Å². The van der Waals surface area contributed by atoms with Crippen LogP contribution in [0.1, 0.15) is 12.5 Å². The number of rotatable bonds is 6. The Morgan fingerprint density at radius 3 is 2.47 bits per heavy atom. The van der Waals surface area contributed by atoms with Crippen LogP contribution >= 0.6 is 0 Å². The average molecular weight is 270 g/mol. The second-order valence-corrected chi connectivity index (χ2v) is 4.69. The number of carbonyl (C=O) groups is 1. The zero-order chi connectivity index (χ0) is 13.9. The number of hydrogen-bond donors (Lipinski definition) is 0. The number of hydrogen-bond acceptors (Lipinski definition) is 3. The summed E-state index contributed by atoms with van der Waals surface area (Å²) < 4.78 is 36.6. The second kappa shape index (κ2) is 5.65. The average Bonchev–Trinajstić information content (AvgIpc) is 2.89. The zero-order valence-electron chi connectivity index (χ0n) is 10.6. The van der Waals surface area contributed by atoms with Gasteiger partial charge in [0.15, 0.2) is 0 Å². The molecule has 2 atom stereocenters. The molecule has 0 radical (unpaired) electrons. The van der Waals surface area contributed by atoms with E-state index in [0.717, 1.165) is 5.56 Å². The first-order chi connectivity index (χ1) is 9.01. The third-order valence-electron chi connectivity index (χ3n) is 3.24. The molecule has 1 aromatic rings. The van der Waals surface area contributed by atoms with Gasteiger partial charge in [0.05, 0.1) is 25.0 Å². The lowest BCUT2D eigenvalue weighted by molar-refractivity contribution is -0.142. The molecule has 0 bridgehead atoms. The summed E-state index contributed by atoms with van der Waals surface area (Å²) in [5, 5.41) is 0. The molecule has 1 aromatic carbocycles. The molecular weight excluding hydrogens is 254 g/mol. The first kappa shape index (κ1) is 13.9. The van der Waals surface area contributed by atoms with Crippen LogP contribution in [0, 0.1) is 11.8 Å². The largest absolute Gasteiger partial charge is 0.465 e. The van der Waals surface area contributed by atoms with E-state index in [1.165, 1.54) is 6.92 Å². The Hall–Kier alpha value is -1.49. The van der Waals surface area contributed by atoms with Crippen LogP contribution in [0.3, 0.4) is 0 Å². The highest BCUT2D eigenvalue weighted by molar-refractivity contribution is 5.65. The van der Waals surface area contributed by atoms with Gasteiger partial charge in [0.2, 0.25) is 0 Å². The fourth-order valence-electron chi connectivity index (χ4n) is 2.00. The van der Waals surface area contributed by atoms with E-state index in [0.29, 0.717) is 6.61 Å². The summed E-state index contributed by atoms with van der Waals surface area (Å²) in [6.07, 6.45) is 0. The van der Waals surface area contributed by atoms with Gasteiger partial charge in [-0.3, -0.25) is 4.79 Å². The molecule has 1 aliphatic carbocycles. The molecule has 1 aliphatic rings. The maximum Gasteiger partial charge on any atom is 0.302 e. The van der Waals surface area contributed by atoms with Gasteiger partial charge in [-0.05, 0) is 5.56 Å². The van der Waals surface area contributed by atoms with Gasteiger partial charge in [-0.2, -0.15) is 0 Å². The van der Waals surface area contributed by atoms with Crippen LogP contribution in [-0.2, 0) is 20.9 Å². The van der Waals surface area contributed by atoms with E-state index >= 15 is 0 Å². The second-order valence-electron chi connectivity index (χ2n) is 4.69. The number of halogens is 2. The molecule has 0 aromatic heterocycles. The molecule has 0 heterocycles. The normalized spacial score (nSPS) is 23.9. The van der Waals surface area contributed by atoms with E-state index in [1.54, 1.807) is 0 Å². The van der Waals surface area contributed by atoms with Crippen molar-refractivity contribution in [2.24, 2.45) is 11.8 Å². The van der Waals surface area contributed by atoms with E-state index in [-0.39, 0.29) is 13.2 Å². The van der Waals surface area contributed by atoms with Crippen LogP contribution in [0.25, 0.3) is 0 Å². The van der Waals surface area contributed by atoms with E-state index < -0.39 is 23.7 Å². The molecule has 0 saturated heterocycles. The molecule has 1 fully saturated rings. The number of alkyl halides is 2. The van der Waals surface area contributed by atoms with E-state index in [2.05, 4.69) is 4.74 Å². The maximum atomic E-state index is 13.4. The molecule has 3 nitrogen and oxygen atoms in total. The number of esters is 1. The topological polar surface area (TPSA) is 35.5 Å². The summed E-state index contributed by atoms with van der Waals surface area (Å²) in [5.41, 5.74) is 0.947. The van der Waals surface area contributed by atoms with E-state index in [4.69, 9.17) is 4.74 Å². The van der Waals surface area contributed by atoms with Crippen molar-refractivity contribution in [3.05, 3.63) is 35.9 Å². The van der Waals surface area contributed by atoms with Crippen LogP contribution in [-0.4, -0.2) is 25.1 Å². The van der Waals surface area contributed by atoms with Crippen molar-refractivity contribution < 1.29 is 23.0 Å². The van der Waals surface area contributed by atoms with Crippen LogP contribution in [0.5, 0.6) is 0 Å². The summed E-state index contributed by atoms with van der Waals surface area (Å²) in [6, 6.07) is 9.37. The van der Waals surface area contributed by atoms with Gasteiger partial charge in [-0.25, -0.2) is 8.78 Å². The van der Waals surface area contributed by atoms with Crippen molar-refractivity contribution in [2.45, 2.75) is 19.5 Å². The lowest BCUT2D eigenvalue weighted by Crippen LogP contribution is -2.06. The molecular formula is C14H16F2O3. The highest BCUT2D eigenvalue weighted by Gasteiger charge is 2.68. The Kier molecular flexibility index (Phi) is 4.14. The molecule has 0 N–H and O–H groups in total. The van der Waals surface area contributed by atoms with E-state index in [9.17, 15) is 13.6 Å². The number of carbonyl (C=O) groups excluding carboxylic acids is 1. The molecule has 0 unspecified atom stereocenters. The Morgan fingerprint density at radius 2 is 1.84 bits per heavy atom. The van der Waals surface area contributed by atoms with Gasteiger partial charge in [-0.15, -0.1) is 0 Å². The molecule has 0 amide bonds. The molecule has 0 aliphatic heterocycles. The third-order valence-corrected chi connectivity index (χ3v) is 3.24. The quantitative estimate of drug-likeness (QED) is 0.745. The lowest BCUT2D eigenvalue weighted by atomic mass is 10.2. The Morgan fingerprint density at radius 1 is 1.21 bits per heavy atom. The Labute approximate surface area is 110 Å². The van der Waals surface area contributed by atoms with Crippen molar-refractivity contribution in [3.63, 3.8) is 0 Å². The van der Waals surface area contributed by atoms with Crippen molar-refractivity contribution >= 4 is 5.97 Å². The van der Waals surface area contributed by atoms with Gasteiger partial charge < -0.3 is 9.47 Å². The fourth-order valence-corrected chi connectivity index (χ4v) is 2.00. The van der Waals surface area contributed by atoms with Crippen molar-refractivity contribution in [1.29, 1.82) is 0 Å². The van der Waals surface area contributed by atoms with Crippen molar-refractivity contribution in [2.75, 3.05) is 13.2 Å². The number of benzene rings is 1. The highest BCUT2D eigenvalue weighted by atomic mass is 19.3. The highest BCUT2D eigenvalue weighted by Crippen LogP contribution is 2.55. The Balaban J connectivity index is 1.73. The molecule has 104 valence electrons. The smallest absolute Gasteiger partial charge is 0.302 e. The predicted octanol–water partition coefficient (Wildman–Crippen LogP) is 2.65. The van der Waals surface area contributed by atoms with Crippen molar-refractivity contribution in [1.82, 2.24) is 0 Å². The third kappa shape index (κ3) is 3.50. The zero-order valence-corrected chi connectivity index (χ0v) is 10.6. The SMILES string of the molecule is CC(=O)OC[C@H]1[C@@H](COCc2ccccc2)C1(F)F.